The molecule has 2 aromatic carbocycles. The monoisotopic (exact) mass is 385 g/mol. The van der Waals surface area contributed by atoms with Crippen LogP contribution in [-0.2, 0) is 11.3 Å². The Morgan fingerprint density at radius 2 is 2.00 bits per heavy atom. The van der Waals surface area contributed by atoms with Gasteiger partial charge in [0.05, 0.1) is 11.6 Å². The number of rotatable bonds is 6. The van der Waals surface area contributed by atoms with E-state index in [0.717, 1.165) is 11.1 Å². The number of carbonyl (C=O) groups excluding carboxylic acids is 1. The largest absolute Gasteiger partial charge is 0.481 e. The second kappa shape index (κ2) is 8.22. The molecule has 0 saturated heterocycles. The van der Waals surface area contributed by atoms with Crippen molar-refractivity contribution in [1.29, 1.82) is 0 Å². The van der Waals surface area contributed by atoms with Gasteiger partial charge < -0.3 is 14.6 Å². The molecule has 1 N–H and O–H groups in total. The van der Waals surface area contributed by atoms with Gasteiger partial charge in [0.25, 0.3) is 5.91 Å². The van der Waals surface area contributed by atoms with Crippen LogP contribution >= 0.6 is 11.6 Å². The van der Waals surface area contributed by atoms with Crippen LogP contribution < -0.4 is 10.1 Å². The Bertz CT molecular complexity index is 955. The number of hydrogen-bond acceptors (Lipinski definition) is 5. The van der Waals surface area contributed by atoms with Gasteiger partial charge >= 0.3 is 0 Å². The number of aryl methyl sites for hydroxylation is 1. The molecule has 1 amide bonds. The molecule has 0 fully saturated rings. The maximum absolute atomic E-state index is 12.3. The Hall–Kier alpha value is -2.86. The fourth-order valence-electron chi connectivity index (χ4n) is 2.48. The third kappa shape index (κ3) is 4.46. The minimum absolute atomic E-state index is 0.108. The van der Waals surface area contributed by atoms with Crippen molar-refractivity contribution in [3.8, 4) is 17.1 Å². The van der Waals surface area contributed by atoms with Crippen molar-refractivity contribution in [2.24, 2.45) is 0 Å². The lowest BCUT2D eigenvalue weighted by molar-refractivity contribution is -0.127. The molecular formula is C20H20ClN3O3. The van der Waals surface area contributed by atoms with E-state index in [1.807, 2.05) is 44.2 Å². The van der Waals surface area contributed by atoms with Gasteiger partial charge in [0.2, 0.25) is 11.7 Å². The third-order valence-corrected chi connectivity index (χ3v) is 4.55. The van der Waals surface area contributed by atoms with Crippen molar-refractivity contribution in [3.05, 3.63) is 64.5 Å². The van der Waals surface area contributed by atoms with Gasteiger partial charge in [-0.25, -0.2) is 0 Å². The number of hydrogen-bond donors (Lipinski definition) is 1. The lowest BCUT2D eigenvalue weighted by atomic mass is 10.1. The first kappa shape index (κ1) is 18.9. The highest BCUT2D eigenvalue weighted by Gasteiger charge is 2.18. The summed E-state index contributed by atoms with van der Waals surface area (Å²) in [5.74, 6) is 1.09. The van der Waals surface area contributed by atoms with Crippen LogP contribution in [0.4, 0.5) is 0 Å². The summed E-state index contributed by atoms with van der Waals surface area (Å²) in [7, 11) is 0. The van der Waals surface area contributed by atoms with Crippen LogP contribution in [-0.4, -0.2) is 22.2 Å². The second-order valence-electron chi connectivity index (χ2n) is 6.17. The molecule has 0 unspecified atom stereocenters. The average Bonchev–Trinajstić information content (AvgIpc) is 3.12. The van der Waals surface area contributed by atoms with Gasteiger partial charge in [0, 0.05) is 5.56 Å². The van der Waals surface area contributed by atoms with Crippen molar-refractivity contribution < 1.29 is 14.1 Å². The van der Waals surface area contributed by atoms with E-state index < -0.39 is 6.10 Å². The maximum Gasteiger partial charge on any atom is 0.261 e. The number of aromatic nitrogens is 2. The summed E-state index contributed by atoms with van der Waals surface area (Å²) in [4.78, 5) is 16.6. The molecule has 0 spiro atoms. The smallest absolute Gasteiger partial charge is 0.261 e. The molecule has 0 aliphatic carbocycles. The zero-order chi connectivity index (χ0) is 19.4. The van der Waals surface area contributed by atoms with Gasteiger partial charge in [-0.05, 0) is 50.1 Å². The first-order valence-corrected chi connectivity index (χ1v) is 8.91. The van der Waals surface area contributed by atoms with E-state index in [1.165, 1.54) is 0 Å². The number of carbonyl (C=O) groups is 1. The summed E-state index contributed by atoms with van der Waals surface area (Å²) in [5.41, 5.74) is 2.80. The minimum Gasteiger partial charge on any atom is -0.481 e. The maximum atomic E-state index is 12.3. The van der Waals surface area contributed by atoms with Crippen LogP contribution in [0.2, 0.25) is 5.02 Å². The highest BCUT2D eigenvalue weighted by molar-refractivity contribution is 6.33. The van der Waals surface area contributed by atoms with E-state index in [1.54, 1.807) is 19.1 Å². The molecule has 0 radical (unpaired) electrons. The first-order valence-electron chi connectivity index (χ1n) is 8.53. The lowest BCUT2D eigenvalue weighted by Crippen LogP contribution is -2.36. The highest BCUT2D eigenvalue weighted by atomic mass is 35.5. The van der Waals surface area contributed by atoms with Gasteiger partial charge in [-0.3, -0.25) is 4.79 Å². The van der Waals surface area contributed by atoms with Crippen LogP contribution in [0.15, 0.2) is 47.0 Å². The Kier molecular flexibility index (Phi) is 5.76. The van der Waals surface area contributed by atoms with Crippen molar-refractivity contribution in [3.63, 3.8) is 0 Å². The van der Waals surface area contributed by atoms with Crippen LogP contribution in [0.3, 0.4) is 0 Å². The molecule has 140 valence electrons. The number of benzene rings is 2. The van der Waals surface area contributed by atoms with Crippen LogP contribution in [0.1, 0.15) is 23.9 Å². The van der Waals surface area contributed by atoms with Gasteiger partial charge in [-0.15, -0.1) is 0 Å². The number of nitrogens with zero attached hydrogens (tertiary/aromatic N) is 2. The lowest BCUT2D eigenvalue weighted by Gasteiger charge is -2.16. The van der Waals surface area contributed by atoms with Crippen molar-refractivity contribution in [2.45, 2.75) is 33.4 Å². The van der Waals surface area contributed by atoms with Gasteiger partial charge in [0.15, 0.2) is 6.10 Å². The van der Waals surface area contributed by atoms with Crippen molar-refractivity contribution >= 4 is 17.5 Å². The molecule has 7 heteroatoms. The molecule has 27 heavy (non-hydrogen) atoms. The molecule has 1 heterocycles. The minimum atomic E-state index is -0.656. The molecule has 3 aromatic rings. The molecule has 1 atom stereocenters. The highest BCUT2D eigenvalue weighted by Crippen LogP contribution is 2.25. The predicted molar refractivity (Wildman–Crippen MR) is 103 cm³/mol. The van der Waals surface area contributed by atoms with Gasteiger partial charge in [-0.1, -0.05) is 41.0 Å². The summed E-state index contributed by atoms with van der Waals surface area (Å²) in [6.45, 7) is 5.76. The predicted octanol–water partition coefficient (Wildman–Crippen LogP) is 4.09. The van der Waals surface area contributed by atoms with Gasteiger partial charge in [0.1, 0.15) is 5.75 Å². The van der Waals surface area contributed by atoms with Crippen molar-refractivity contribution in [2.75, 3.05) is 0 Å². The molecule has 1 aromatic heterocycles. The Morgan fingerprint density at radius 3 is 2.78 bits per heavy atom. The molecule has 0 aliphatic rings. The second-order valence-corrected chi connectivity index (χ2v) is 6.57. The summed E-state index contributed by atoms with van der Waals surface area (Å²) in [6.07, 6.45) is -0.656. The topological polar surface area (TPSA) is 77.2 Å². The number of nitrogens with one attached hydrogen (secondary N) is 1. The van der Waals surface area contributed by atoms with Gasteiger partial charge in [-0.2, -0.15) is 4.98 Å². The van der Waals surface area contributed by atoms with E-state index in [4.69, 9.17) is 20.9 Å². The van der Waals surface area contributed by atoms with Crippen molar-refractivity contribution in [1.82, 2.24) is 15.5 Å². The Morgan fingerprint density at radius 1 is 1.22 bits per heavy atom. The summed E-state index contributed by atoms with van der Waals surface area (Å²) >= 11 is 6.13. The van der Waals surface area contributed by atoms with E-state index in [9.17, 15) is 4.79 Å². The molecular weight excluding hydrogens is 366 g/mol. The molecule has 0 saturated carbocycles. The molecule has 0 bridgehead atoms. The molecule has 6 nitrogen and oxygen atoms in total. The summed E-state index contributed by atoms with van der Waals surface area (Å²) in [5, 5.41) is 7.18. The van der Waals surface area contributed by atoms with Crippen LogP contribution in [0.25, 0.3) is 11.4 Å². The van der Waals surface area contributed by atoms with E-state index >= 15 is 0 Å². The molecule has 0 aliphatic heterocycles. The quantitative estimate of drug-likeness (QED) is 0.691. The van der Waals surface area contributed by atoms with Crippen LogP contribution in [0.5, 0.6) is 5.75 Å². The van der Waals surface area contributed by atoms with Crippen LogP contribution in [0, 0.1) is 13.8 Å². The summed E-state index contributed by atoms with van der Waals surface area (Å²) in [6, 6.07) is 13.0. The zero-order valence-corrected chi connectivity index (χ0v) is 16.1. The average molecular weight is 386 g/mol. The summed E-state index contributed by atoms with van der Waals surface area (Å²) < 4.78 is 11.0. The SMILES string of the molecule is Cc1cccc(O[C@H](C)C(=O)NCc2nc(-c3ccccc3Cl)no2)c1C. The number of halogens is 1. The fourth-order valence-corrected chi connectivity index (χ4v) is 2.70. The fraction of sp³-hybridized carbons (Fsp3) is 0.250. The number of ether oxygens (including phenoxy) is 1. The van der Waals surface area contributed by atoms with E-state index in [-0.39, 0.29) is 18.3 Å². The Labute approximate surface area is 162 Å². The standard InChI is InChI=1S/C20H20ClN3O3/c1-12-7-6-10-17(13(12)2)26-14(3)20(25)22-11-18-23-19(24-27-18)15-8-4-5-9-16(15)21/h4-10,14H,11H2,1-3H3,(H,22,25)/t14-/m1/s1. The molecule has 3 rings (SSSR count). The first-order chi connectivity index (χ1) is 13.0. The third-order valence-electron chi connectivity index (χ3n) is 4.22. The van der Waals surface area contributed by atoms with E-state index in [0.29, 0.717) is 22.2 Å². The Balaban J connectivity index is 1.59. The normalized spacial score (nSPS) is 11.9. The number of amides is 1. The van der Waals surface area contributed by atoms with E-state index in [2.05, 4.69) is 15.5 Å². The zero-order valence-electron chi connectivity index (χ0n) is 15.3.